The molecule has 3 aromatic rings. The predicted octanol–water partition coefficient (Wildman–Crippen LogP) is 3.38. The number of morpholine rings is 1. The Bertz CT molecular complexity index is 1310. The van der Waals surface area contributed by atoms with Crippen molar-refractivity contribution in [3.05, 3.63) is 40.4 Å². The lowest BCUT2D eigenvalue weighted by Crippen LogP contribution is -2.36. The lowest BCUT2D eigenvalue weighted by atomic mass is 9.86. The van der Waals surface area contributed by atoms with E-state index in [0.717, 1.165) is 54.9 Å². The minimum absolute atomic E-state index is 0.104. The maximum absolute atomic E-state index is 12.3. The highest BCUT2D eigenvalue weighted by atomic mass is 79.9. The summed E-state index contributed by atoms with van der Waals surface area (Å²) in [6, 6.07) is 8.14. The molecule has 1 aromatic carbocycles. The maximum atomic E-state index is 12.3. The van der Waals surface area contributed by atoms with Crippen LogP contribution in [0.25, 0.3) is 16.7 Å². The van der Waals surface area contributed by atoms with Gasteiger partial charge >= 0.3 is 0 Å². The minimum atomic E-state index is -0.329. The average molecular weight is 538 g/mol. The molecule has 0 bridgehead atoms. The summed E-state index contributed by atoms with van der Waals surface area (Å²) in [5, 5.41) is 18.1. The molecule has 1 N–H and O–H groups in total. The van der Waals surface area contributed by atoms with E-state index in [0.29, 0.717) is 41.4 Å². The molecule has 3 heterocycles. The number of nitriles is 1. The third-order valence-electron chi connectivity index (χ3n) is 7.22. The van der Waals surface area contributed by atoms with Crippen LogP contribution in [-0.4, -0.2) is 59.0 Å². The van der Waals surface area contributed by atoms with Gasteiger partial charge in [0.15, 0.2) is 5.65 Å². The normalized spacial score (nSPS) is 22.3. The molecule has 35 heavy (non-hydrogen) atoms. The Hall–Kier alpha value is -3.03. The number of anilines is 1. The van der Waals surface area contributed by atoms with Gasteiger partial charge in [-0.15, -0.1) is 0 Å². The van der Waals surface area contributed by atoms with Crippen LogP contribution >= 0.6 is 15.9 Å². The van der Waals surface area contributed by atoms with Crippen molar-refractivity contribution in [1.82, 2.24) is 25.1 Å². The number of nitrogens with zero attached hydrogens (tertiary/aromatic N) is 6. The van der Waals surface area contributed by atoms with E-state index in [2.05, 4.69) is 42.3 Å². The molecular weight excluding hydrogens is 510 g/mol. The van der Waals surface area contributed by atoms with E-state index in [-0.39, 0.29) is 11.3 Å². The van der Waals surface area contributed by atoms with Gasteiger partial charge in [0.2, 0.25) is 5.91 Å². The number of carbonyl (C=O) groups excluding carboxylic acids is 1. The van der Waals surface area contributed by atoms with E-state index in [4.69, 9.17) is 9.72 Å². The molecule has 10 heteroatoms. The number of fused-ring (bicyclic) bond motifs is 1. The Balaban J connectivity index is 1.44. The van der Waals surface area contributed by atoms with Gasteiger partial charge < -0.3 is 15.0 Å². The predicted molar refractivity (Wildman–Crippen MR) is 135 cm³/mol. The highest BCUT2D eigenvalue weighted by Gasteiger charge is 2.40. The minimum Gasteiger partial charge on any atom is -0.378 e. The Morgan fingerprint density at radius 2 is 2.17 bits per heavy atom. The van der Waals surface area contributed by atoms with Crippen molar-refractivity contribution in [3.63, 3.8) is 0 Å². The molecule has 1 aliphatic carbocycles. The van der Waals surface area contributed by atoms with E-state index in [1.165, 1.54) is 0 Å². The molecule has 1 saturated carbocycles. The third kappa shape index (κ3) is 4.50. The van der Waals surface area contributed by atoms with Crippen molar-refractivity contribution >= 4 is 38.6 Å². The van der Waals surface area contributed by atoms with E-state index < -0.39 is 0 Å². The summed E-state index contributed by atoms with van der Waals surface area (Å²) in [7, 11) is 1.70. The first-order valence-electron chi connectivity index (χ1n) is 11.9. The molecule has 0 unspecified atom stereocenters. The number of halogens is 1. The van der Waals surface area contributed by atoms with Crippen molar-refractivity contribution in [2.24, 2.45) is 11.3 Å². The summed E-state index contributed by atoms with van der Waals surface area (Å²) in [4.78, 5) is 23.9. The number of aromatic nitrogens is 4. The van der Waals surface area contributed by atoms with Gasteiger partial charge in [-0.3, -0.25) is 4.79 Å². The van der Waals surface area contributed by atoms with Crippen LogP contribution in [0.2, 0.25) is 0 Å². The van der Waals surface area contributed by atoms with Crippen LogP contribution in [0, 0.1) is 22.7 Å². The van der Waals surface area contributed by atoms with Gasteiger partial charge in [0.05, 0.1) is 35.5 Å². The van der Waals surface area contributed by atoms with Crippen LogP contribution in [0.1, 0.15) is 37.6 Å². The zero-order chi connectivity index (χ0) is 24.6. The van der Waals surface area contributed by atoms with Crippen molar-refractivity contribution < 1.29 is 9.53 Å². The molecule has 1 amide bonds. The second-order valence-corrected chi connectivity index (χ2v) is 10.3. The highest BCUT2D eigenvalue weighted by Crippen LogP contribution is 2.42. The first-order chi connectivity index (χ1) is 16.9. The van der Waals surface area contributed by atoms with Gasteiger partial charge in [0.1, 0.15) is 16.5 Å². The topological polar surface area (TPSA) is 109 Å². The fraction of sp³-hybridized carbons (Fsp3) is 0.480. The molecule has 2 fully saturated rings. The van der Waals surface area contributed by atoms with Gasteiger partial charge in [-0.2, -0.15) is 10.4 Å². The zero-order valence-electron chi connectivity index (χ0n) is 19.9. The van der Waals surface area contributed by atoms with Crippen LogP contribution in [0.4, 0.5) is 5.69 Å². The van der Waals surface area contributed by atoms with Gasteiger partial charge in [0, 0.05) is 38.2 Å². The molecule has 1 saturated heterocycles. The van der Waals surface area contributed by atoms with Gasteiger partial charge in [-0.1, -0.05) is 6.92 Å². The average Bonchev–Trinajstić information content (AvgIpc) is 3.43. The standard InChI is InChI=1S/C25H28BrN7O2/c1-25(24(34)28-2)6-5-16(13-25)11-21-29-15-19-22(26)31-33(23(19)30-21)18-3-4-20(17(12-18)14-27)32-7-9-35-10-8-32/h3-4,12,15-16H,5-11,13H2,1-2H3,(H,28,34)/t16-,25+/m0/s1. The molecule has 0 spiro atoms. The number of nitrogens with one attached hydrogen (secondary N) is 1. The van der Waals surface area contributed by atoms with Crippen molar-refractivity contribution in [3.8, 4) is 11.8 Å². The number of benzene rings is 1. The molecule has 2 atom stereocenters. The highest BCUT2D eigenvalue weighted by molar-refractivity contribution is 9.10. The molecule has 2 aliphatic rings. The molecule has 2 aromatic heterocycles. The van der Waals surface area contributed by atoms with E-state index >= 15 is 0 Å². The van der Waals surface area contributed by atoms with E-state index in [9.17, 15) is 10.1 Å². The largest absolute Gasteiger partial charge is 0.378 e. The number of amides is 1. The number of hydrogen-bond donors (Lipinski definition) is 1. The van der Waals surface area contributed by atoms with Crippen LogP contribution in [0.3, 0.4) is 0 Å². The van der Waals surface area contributed by atoms with Crippen molar-refractivity contribution in [1.29, 1.82) is 5.26 Å². The monoisotopic (exact) mass is 537 g/mol. The summed E-state index contributed by atoms with van der Waals surface area (Å²) >= 11 is 3.54. The lowest BCUT2D eigenvalue weighted by molar-refractivity contribution is -0.129. The number of hydrogen-bond acceptors (Lipinski definition) is 7. The van der Waals surface area contributed by atoms with Crippen molar-refractivity contribution in [2.75, 3.05) is 38.3 Å². The zero-order valence-corrected chi connectivity index (χ0v) is 21.5. The summed E-state index contributed by atoms with van der Waals surface area (Å²) in [6.45, 7) is 4.88. The smallest absolute Gasteiger partial charge is 0.225 e. The maximum Gasteiger partial charge on any atom is 0.225 e. The first-order valence-corrected chi connectivity index (χ1v) is 12.7. The summed E-state index contributed by atoms with van der Waals surface area (Å²) in [5.74, 6) is 1.20. The first kappa shape index (κ1) is 23.7. The SMILES string of the molecule is CNC(=O)[C@]1(C)CC[C@@H](Cc2ncc3c(Br)nn(-c4ccc(N5CCOCC5)c(C#N)c4)c3n2)C1. The molecule has 0 radical (unpaired) electrons. The van der Waals surface area contributed by atoms with E-state index in [1.807, 2.05) is 25.1 Å². The van der Waals surface area contributed by atoms with E-state index in [1.54, 1.807) is 17.9 Å². The number of ether oxygens (including phenoxy) is 1. The fourth-order valence-electron chi connectivity index (χ4n) is 5.31. The summed E-state index contributed by atoms with van der Waals surface area (Å²) in [6.07, 6.45) is 5.18. The summed E-state index contributed by atoms with van der Waals surface area (Å²) in [5.41, 5.74) is 2.64. The molecule has 1 aliphatic heterocycles. The van der Waals surface area contributed by atoms with Crippen molar-refractivity contribution in [2.45, 2.75) is 32.6 Å². The second-order valence-electron chi connectivity index (χ2n) is 9.59. The third-order valence-corrected chi connectivity index (χ3v) is 7.80. The number of carbonyl (C=O) groups is 1. The van der Waals surface area contributed by atoms with Crippen LogP contribution in [0.15, 0.2) is 29.0 Å². The molecular formula is C25H28BrN7O2. The molecule has 182 valence electrons. The fourth-order valence-corrected chi connectivity index (χ4v) is 5.75. The van der Waals surface area contributed by atoms with Crippen LogP contribution < -0.4 is 10.2 Å². The number of rotatable bonds is 5. The van der Waals surface area contributed by atoms with Gasteiger partial charge in [-0.05, 0) is 59.3 Å². The van der Waals surface area contributed by atoms with Crippen LogP contribution in [0.5, 0.6) is 0 Å². The van der Waals surface area contributed by atoms with Gasteiger partial charge in [0.25, 0.3) is 0 Å². The Labute approximate surface area is 212 Å². The Morgan fingerprint density at radius 1 is 1.37 bits per heavy atom. The second kappa shape index (κ2) is 9.55. The molecule has 5 rings (SSSR count). The lowest BCUT2D eigenvalue weighted by Gasteiger charge is -2.29. The summed E-state index contributed by atoms with van der Waals surface area (Å²) < 4.78 is 7.87. The Kier molecular flexibility index (Phi) is 6.47. The van der Waals surface area contributed by atoms with Crippen LogP contribution in [-0.2, 0) is 16.0 Å². The quantitative estimate of drug-likeness (QED) is 0.531. The molecule has 9 nitrogen and oxygen atoms in total. The van der Waals surface area contributed by atoms with Gasteiger partial charge in [-0.25, -0.2) is 14.6 Å². The Morgan fingerprint density at radius 3 is 2.91 bits per heavy atom.